The summed E-state index contributed by atoms with van der Waals surface area (Å²) < 4.78 is 26.2. The third-order valence-electron chi connectivity index (χ3n) is 6.87. The predicted octanol–water partition coefficient (Wildman–Crippen LogP) is 3.68. The molecule has 1 aliphatic heterocycles. The minimum absolute atomic E-state index is 0.236. The summed E-state index contributed by atoms with van der Waals surface area (Å²) in [5.74, 6) is -1.38. The average Bonchev–Trinajstić information content (AvgIpc) is 3.72. The molecule has 2 aromatic carbocycles. The molecule has 2 unspecified atom stereocenters. The maximum Gasteiger partial charge on any atom is 0.360 e. The van der Waals surface area contributed by atoms with Crippen molar-refractivity contribution >= 4 is 40.1 Å². The Balaban J connectivity index is 1.24. The third-order valence-corrected chi connectivity index (χ3v) is 8.94. The van der Waals surface area contributed by atoms with Gasteiger partial charge in [-0.05, 0) is 78.6 Å². The third kappa shape index (κ3) is 6.13. The molecule has 0 aromatic heterocycles. The maximum atomic E-state index is 15.0. The van der Waals surface area contributed by atoms with Crippen LogP contribution in [0.15, 0.2) is 30.3 Å². The van der Waals surface area contributed by atoms with Gasteiger partial charge >= 0.3 is 5.91 Å². The number of nitrogens with zero attached hydrogens (tertiary/aromatic N) is 2. The summed E-state index contributed by atoms with van der Waals surface area (Å²) in [6.07, 6.45) is 3.34. The van der Waals surface area contributed by atoms with Crippen molar-refractivity contribution in [2.75, 3.05) is 26.2 Å². The number of hydroxylamine groups is 1. The normalized spacial score (nSPS) is 21.1. The molecule has 35 heavy (non-hydrogen) atoms. The maximum absolute atomic E-state index is 15.0. The van der Waals surface area contributed by atoms with Crippen LogP contribution in [0.25, 0.3) is 0 Å². The molecule has 1 N–H and O–H groups in total. The van der Waals surface area contributed by atoms with Gasteiger partial charge < -0.3 is 5.21 Å². The fourth-order valence-electron chi connectivity index (χ4n) is 4.66. The molecule has 188 valence electrons. The summed E-state index contributed by atoms with van der Waals surface area (Å²) in [6.45, 7) is 4.76. The van der Waals surface area contributed by atoms with Gasteiger partial charge in [0, 0.05) is 49.3 Å². The van der Waals surface area contributed by atoms with Crippen molar-refractivity contribution in [1.82, 2.24) is 9.80 Å². The quantitative estimate of drug-likeness (QED) is 0.518. The monoisotopic (exact) mass is 539 g/mol. The molecule has 1 saturated heterocycles. The van der Waals surface area contributed by atoms with E-state index in [9.17, 15) is 14.2 Å². The van der Waals surface area contributed by atoms with Gasteiger partial charge in [-0.25, -0.2) is 13.7 Å². The van der Waals surface area contributed by atoms with Gasteiger partial charge in [-0.1, -0.05) is 23.2 Å². The summed E-state index contributed by atoms with van der Waals surface area (Å²) in [6, 6.07) is 8.54. The summed E-state index contributed by atoms with van der Waals surface area (Å²) in [5.41, 5.74) is 2.65. The number of hydrogen-bond acceptors (Lipinski definition) is 5. The number of carbonyl (C=O) groups is 1. The number of benzene rings is 2. The Morgan fingerprint density at radius 2 is 1.57 bits per heavy atom. The molecule has 2 saturated carbocycles. The van der Waals surface area contributed by atoms with Crippen molar-refractivity contribution in [2.45, 2.75) is 49.9 Å². The number of hydrogen-bond donors (Lipinski definition) is 1. The van der Waals surface area contributed by atoms with Gasteiger partial charge in [0.25, 0.3) is 0 Å². The van der Waals surface area contributed by atoms with Crippen LogP contribution in [0.5, 0.6) is 0 Å². The average molecular weight is 540 g/mol. The molecule has 10 heteroatoms. The molecular formula is C25H28Cl2FN3O3S. The molecule has 1 heterocycles. The zero-order chi connectivity index (χ0) is 24.7. The lowest BCUT2D eigenvalue weighted by molar-refractivity contribution is -0.601. The Bertz CT molecular complexity index is 1130. The highest BCUT2D eigenvalue weighted by atomic mass is 35.5. The molecule has 2 atom stereocenters. The predicted molar refractivity (Wildman–Crippen MR) is 135 cm³/mol. The molecule has 5 rings (SSSR count). The van der Waals surface area contributed by atoms with Gasteiger partial charge in [-0.3, -0.25) is 9.80 Å². The van der Waals surface area contributed by atoms with Crippen LogP contribution in [-0.2, 0) is 24.1 Å². The molecule has 1 amide bonds. The smallest absolute Gasteiger partial charge is 0.360 e. The van der Waals surface area contributed by atoms with Crippen LogP contribution in [0.1, 0.15) is 58.6 Å². The first-order valence-corrected chi connectivity index (χ1v) is 14.0. The lowest BCUT2D eigenvalue weighted by atomic mass is 9.98. The van der Waals surface area contributed by atoms with Gasteiger partial charge in [-0.2, -0.15) is 4.21 Å². The van der Waals surface area contributed by atoms with Crippen LogP contribution >= 0.6 is 23.2 Å². The minimum atomic E-state index is -1.86. The Labute approximate surface area is 217 Å². The first-order chi connectivity index (χ1) is 16.8. The van der Waals surface area contributed by atoms with E-state index in [1.165, 1.54) is 6.07 Å². The highest BCUT2D eigenvalue weighted by Gasteiger charge is 2.38. The molecule has 6 nitrogen and oxygen atoms in total. The lowest BCUT2D eigenvalue weighted by Crippen LogP contribution is -3.10. The van der Waals surface area contributed by atoms with Crippen LogP contribution in [0.3, 0.4) is 0 Å². The number of halogens is 3. The second kappa shape index (κ2) is 10.5. The van der Waals surface area contributed by atoms with Crippen molar-refractivity contribution in [3.05, 3.63) is 73.7 Å². The number of piperazine rings is 1. The van der Waals surface area contributed by atoms with Crippen LogP contribution in [-0.4, -0.2) is 51.3 Å². The van der Waals surface area contributed by atoms with Gasteiger partial charge in [0.2, 0.25) is 11.0 Å². The number of nitrogens with one attached hydrogen (secondary N) is 1. The van der Waals surface area contributed by atoms with Crippen molar-refractivity contribution in [1.29, 1.82) is 0 Å². The van der Waals surface area contributed by atoms with Gasteiger partial charge in [0.05, 0.1) is 5.25 Å². The van der Waals surface area contributed by atoms with Gasteiger partial charge in [0.15, 0.2) is 0 Å². The fraction of sp³-hybridized carbons (Fsp3) is 0.480. The Kier molecular flexibility index (Phi) is 7.61. The first-order valence-electron chi connectivity index (χ1n) is 12.0. The molecule has 3 fully saturated rings. The van der Waals surface area contributed by atoms with Crippen molar-refractivity contribution in [2.24, 2.45) is 0 Å². The lowest BCUT2D eigenvalue weighted by Gasteiger charge is -2.35. The van der Waals surface area contributed by atoms with E-state index in [-0.39, 0.29) is 16.7 Å². The Hall–Kier alpha value is -1.39. The van der Waals surface area contributed by atoms with E-state index in [2.05, 4.69) is 9.80 Å². The van der Waals surface area contributed by atoms with Crippen LogP contribution in [0.4, 0.5) is 4.39 Å². The van der Waals surface area contributed by atoms with E-state index in [4.69, 9.17) is 23.2 Å². The molecule has 2 aliphatic carbocycles. The molecule has 3 aliphatic rings. The Morgan fingerprint density at radius 1 is 0.971 bits per heavy atom. The summed E-state index contributed by atoms with van der Waals surface area (Å²) in [5, 5.41) is 13.3. The molecule has 0 radical (unpaired) electrons. The van der Waals surface area contributed by atoms with Crippen LogP contribution in [0.2, 0.25) is 10.0 Å². The topological polar surface area (TPSA) is 68.1 Å². The summed E-state index contributed by atoms with van der Waals surface area (Å²) in [7, 11) is -1.86. The number of quaternary nitrogens is 1. The number of rotatable bonds is 8. The zero-order valence-electron chi connectivity index (χ0n) is 19.3. The van der Waals surface area contributed by atoms with Crippen LogP contribution in [0, 0.1) is 11.0 Å². The minimum Gasteiger partial charge on any atom is -0.612 e. The zero-order valence-corrected chi connectivity index (χ0v) is 21.6. The summed E-state index contributed by atoms with van der Waals surface area (Å²) >= 11 is 12.2. The largest absolute Gasteiger partial charge is 0.612 e. The number of carbonyl (C=O) groups excluding carboxylic acids is 1. The molecule has 2 aromatic rings. The van der Waals surface area contributed by atoms with Crippen molar-refractivity contribution < 1.29 is 17.9 Å². The number of amides is 1. The second-order valence-corrected chi connectivity index (χ2v) is 12.3. The SMILES string of the molecule is O=C(c1cc(C2CC2)c(CN2CCN(Cc3cc(Cl)cc(Cl)c3)CC2)cc1F)[NH+]([O-])S(=O)C1CC1. The van der Waals surface area contributed by atoms with E-state index >= 15 is 4.39 Å². The van der Waals surface area contributed by atoms with E-state index < -0.39 is 27.2 Å². The highest BCUT2D eigenvalue weighted by Crippen LogP contribution is 2.42. The van der Waals surface area contributed by atoms with Crippen LogP contribution < -0.4 is 4.47 Å². The standard InChI is InChI=1S/C25H28Cl2FN3O3S/c26-19-9-16(10-20(27)12-19)14-29-5-7-30(8-6-29)15-18-11-24(28)23(13-22(18)17-1-2-17)25(32)31(33)35(34)21-3-4-21/h9-13,17,21,31H,1-8,14-15H2. The first kappa shape index (κ1) is 25.3. The molecule has 0 bridgehead atoms. The highest BCUT2D eigenvalue weighted by molar-refractivity contribution is 7.79. The van der Waals surface area contributed by atoms with E-state index in [0.717, 1.165) is 62.3 Å². The van der Waals surface area contributed by atoms with Gasteiger partial charge in [-0.15, -0.1) is 0 Å². The molecular weight excluding hydrogens is 512 g/mol. The van der Waals surface area contributed by atoms with Gasteiger partial charge in [0.1, 0.15) is 11.4 Å². The van der Waals surface area contributed by atoms with E-state index in [1.807, 2.05) is 12.1 Å². The van der Waals surface area contributed by atoms with E-state index in [1.54, 1.807) is 12.1 Å². The van der Waals surface area contributed by atoms with E-state index in [0.29, 0.717) is 29.4 Å². The van der Waals surface area contributed by atoms with Crippen molar-refractivity contribution in [3.63, 3.8) is 0 Å². The summed E-state index contributed by atoms with van der Waals surface area (Å²) in [4.78, 5) is 17.3. The van der Waals surface area contributed by atoms with Crippen molar-refractivity contribution in [3.8, 4) is 0 Å². The fourth-order valence-corrected chi connectivity index (χ4v) is 6.39. The Morgan fingerprint density at radius 3 is 2.14 bits per heavy atom. The molecule has 0 spiro atoms. The second-order valence-electron chi connectivity index (χ2n) is 9.75.